The van der Waals surface area contributed by atoms with E-state index in [9.17, 15) is 0 Å². The molecule has 0 spiro atoms. The summed E-state index contributed by atoms with van der Waals surface area (Å²) in [5.41, 5.74) is 2.74. The fraction of sp³-hybridized carbons (Fsp3) is 0.250. The lowest BCUT2D eigenvalue weighted by Crippen LogP contribution is -2.45. The number of rotatable bonds is 2. The molecule has 0 radical (unpaired) electrons. The Kier molecular flexibility index (Phi) is 3.95. The summed E-state index contributed by atoms with van der Waals surface area (Å²) in [4.78, 5) is 9.65. The fourth-order valence-corrected chi connectivity index (χ4v) is 3.70. The number of para-hydroxylation sites is 1. The molecule has 136 valence electrons. The molecule has 2 aromatic heterocycles. The fourth-order valence-electron chi connectivity index (χ4n) is 3.57. The highest BCUT2D eigenvalue weighted by Gasteiger charge is 2.22. The van der Waals surface area contributed by atoms with E-state index in [2.05, 4.69) is 31.4 Å². The van der Waals surface area contributed by atoms with Crippen LogP contribution in [0.4, 0.5) is 5.95 Å². The third kappa shape index (κ3) is 2.81. The van der Waals surface area contributed by atoms with Crippen LogP contribution in [-0.2, 0) is 0 Å². The number of hydrogen-bond acceptors (Lipinski definition) is 5. The maximum Gasteiger partial charge on any atom is 0.213 e. The van der Waals surface area contributed by atoms with E-state index in [4.69, 9.17) is 16.6 Å². The summed E-state index contributed by atoms with van der Waals surface area (Å²) >= 11 is 6.07. The highest BCUT2D eigenvalue weighted by Crippen LogP contribution is 2.29. The number of piperazine rings is 1. The monoisotopic (exact) mass is 378 g/mol. The van der Waals surface area contributed by atoms with Crippen molar-refractivity contribution in [3.05, 3.63) is 53.6 Å². The highest BCUT2D eigenvalue weighted by atomic mass is 35.5. The zero-order chi connectivity index (χ0) is 18.4. The summed E-state index contributed by atoms with van der Waals surface area (Å²) in [6.07, 6.45) is 0. The highest BCUT2D eigenvalue weighted by molar-refractivity contribution is 6.30. The standard InChI is InChI=1S/C20H19ClN6/c1-25-10-12-26(13-11-25)20-22-17-5-3-2-4-16(17)19-24-23-18(27(19)20)14-6-8-15(21)9-7-14/h2-9H,10-13H2,1H3. The van der Waals surface area contributed by atoms with Crippen LogP contribution in [0.3, 0.4) is 0 Å². The Bertz CT molecular complexity index is 1110. The maximum absolute atomic E-state index is 6.07. The van der Waals surface area contributed by atoms with Crippen LogP contribution in [0, 0.1) is 0 Å². The van der Waals surface area contributed by atoms with E-state index in [1.165, 1.54) is 0 Å². The molecule has 7 heteroatoms. The Morgan fingerprint density at radius 2 is 1.63 bits per heavy atom. The summed E-state index contributed by atoms with van der Waals surface area (Å²) in [5, 5.41) is 10.7. The average Bonchev–Trinajstić information content (AvgIpc) is 3.14. The van der Waals surface area contributed by atoms with Gasteiger partial charge < -0.3 is 9.80 Å². The van der Waals surface area contributed by atoms with E-state index < -0.39 is 0 Å². The first-order chi connectivity index (χ1) is 13.2. The van der Waals surface area contributed by atoms with Gasteiger partial charge in [0.2, 0.25) is 5.95 Å². The minimum Gasteiger partial charge on any atom is -0.339 e. The molecule has 2 aromatic carbocycles. The van der Waals surface area contributed by atoms with E-state index in [1.54, 1.807) is 0 Å². The molecule has 1 saturated heterocycles. The maximum atomic E-state index is 6.07. The van der Waals surface area contributed by atoms with Crippen LogP contribution in [0.25, 0.3) is 27.9 Å². The third-order valence-electron chi connectivity index (χ3n) is 5.12. The molecular formula is C20H19ClN6. The van der Waals surface area contributed by atoms with Crippen LogP contribution < -0.4 is 4.90 Å². The minimum atomic E-state index is 0.704. The van der Waals surface area contributed by atoms with Crippen molar-refractivity contribution in [2.45, 2.75) is 0 Å². The smallest absolute Gasteiger partial charge is 0.213 e. The van der Waals surface area contributed by atoms with Gasteiger partial charge in [0, 0.05) is 42.2 Å². The molecule has 3 heterocycles. The van der Waals surface area contributed by atoms with Gasteiger partial charge in [-0.25, -0.2) is 9.38 Å². The van der Waals surface area contributed by atoms with Gasteiger partial charge in [0.05, 0.1) is 5.52 Å². The molecule has 1 aliphatic heterocycles. The van der Waals surface area contributed by atoms with Crippen molar-refractivity contribution in [2.75, 3.05) is 38.1 Å². The Morgan fingerprint density at radius 1 is 0.889 bits per heavy atom. The lowest BCUT2D eigenvalue weighted by Gasteiger charge is -2.33. The number of benzene rings is 2. The SMILES string of the molecule is CN1CCN(c2nc3ccccc3c3nnc(-c4ccc(Cl)cc4)n23)CC1. The predicted octanol–water partition coefficient (Wildman–Crippen LogP) is 3.35. The van der Waals surface area contributed by atoms with Gasteiger partial charge in [0.1, 0.15) is 0 Å². The van der Waals surface area contributed by atoms with Crippen molar-refractivity contribution in [3.63, 3.8) is 0 Å². The molecule has 0 saturated carbocycles. The Labute approximate surface area is 162 Å². The summed E-state index contributed by atoms with van der Waals surface area (Å²) < 4.78 is 2.08. The zero-order valence-electron chi connectivity index (χ0n) is 15.0. The number of hydrogen-bond donors (Lipinski definition) is 0. The number of fused-ring (bicyclic) bond motifs is 3. The second kappa shape index (κ2) is 6.48. The molecule has 4 aromatic rings. The average molecular weight is 379 g/mol. The number of aromatic nitrogens is 4. The summed E-state index contributed by atoms with van der Waals surface area (Å²) in [6.45, 7) is 3.87. The van der Waals surface area contributed by atoms with E-state index in [0.717, 1.165) is 60.1 Å². The Hall–Kier alpha value is -2.70. The predicted molar refractivity (Wildman–Crippen MR) is 108 cm³/mol. The number of nitrogens with zero attached hydrogens (tertiary/aromatic N) is 6. The topological polar surface area (TPSA) is 49.6 Å². The van der Waals surface area contributed by atoms with Crippen LogP contribution in [0.15, 0.2) is 48.5 Å². The lowest BCUT2D eigenvalue weighted by atomic mass is 10.2. The van der Waals surface area contributed by atoms with Crippen LogP contribution in [0.1, 0.15) is 0 Å². The van der Waals surface area contributed by atoms with Crippen LogP contribution >= 0.6 is 11.6 Å². The van der Waals surface area contributed by atoms with Crippen molar-refractivity contribution in [3.8, 4) is 11.4 Å². The van der Waals surface area contributed by atoms with E-state index >= 15 is 0 Å². The van der Waals surface area contributed by atoms with Crippen LogP contribution in [0.2, 0.25) is 5.02 Å². The second-order valence-corrected chi connectivity index (χ2v) is 7.35. The largest absolute Gasteiger partial charge is 0.339 e. The van der Waals surface area contributed by atoms with Crippen molar-refractivity contribution < 1.29 is 0 Å². The molecule has 0 N–H and O–H groups in total. The summed E-state index contributed by atoms with van der Waals surface area (Å²) in [7, 11) is 2.15. The van der Waals surface area contributed by atoms with Gasteiger partial charge in [0.25, 0.3) is 0 Å². The van der Waals surface area contributed by atoms with Crippen molar-refractivity contribution in [2.24, 2.45) is 0 Å². The van der Waals surface area contributed by atoms with Crippen LogP contribution in [-0.4, -0.2) is 57.7 Å². The van der Waals surface area contributed by atoms with Gasteiger partial charge in [-0.3, -0.25) is 0 Å². The molecule has 0 atom stereocenters. The molecule has 0 amide bonds. The zero-order valence-corrected chi connectivity index (χ0v) is 15.8. The van der Waals surface area contributed by atoms with E-state index in [0.29, 0.717) is 5.02 Å². The number of anilines is 1. The molecule has 27 heavy (non-hydrogen) atoms. The van der Waals surface area contributed by atoms with Gasteiger partial charge in [-0.15, -0.1) is 10.2 Å². The van der Waals surface area contributed by atoms with Gasteiger partial charge in [-0.2, -0.15) is 0 Å². The van der Waals surface area contributed by atoms with Crippen molar-refractivity contribution in [1.29, 1.82) is 0 Å². The molecule has 0 unspecified atom stereocenters. The van der Waals surface area contributed by atoms with Crippen LogP contribution in [0.5, 0.6) is 0 Å². The molecule has 1 aliphatic rings. The molecule has 0 aliphatic carbocycles. The first-order valence-corrected chi connectivity index (χ1v) is 9.42. The van der Waals surface area contributed by atoms with Gasteiger partial charge >= 0.3 is 0 Å². The van der Waals surface area contributed by atoms with Crippen molar-refractivity contribution in [1.82, 2.24) is 24.5 Å². The third-order valence-corrected chi connectivity index (χ3v) is 5.37. The summed E-state index contributed by atoms with van der Waals surface area (Å²) in [6, 6.07) is 15.8. The van der Waals surface area contributed by atoms with Gasteiger partial charge in [-0.05, 0) is 43.4 Å². The molecule has 1 fully saturated rings. The minimum absolute atomic E-state index is 0.704. The first kappa shape index (κ1) is 16.5. The Morgan fingerprint density at radius 3 is 2.41 bits per heavy atom. The molecule has 0 bridgehead atoms. The van der Waals surface area contributed by atoms with Gasteiger partial charge in [0.15, 0.2) is 11.5 Å². The quantitative estimate of drug-likeness (QED) is 0.535. The number of likely N-dealkylation sites (N-methyl/N-ethyl adjacent to an activating group) is 1. The lowest BCUT2D eigenvalue weighted by molar-refractivity contribution is 0.311. The Balaban J connectivity index is 1.77. The van der Waals surface area contributed by atoms with Crippen molar-refractivity contribution >= 4 is 34.1 Å². The summed E-state index contributed by atoms with van der Waals surface area (Å²) in [5.74, 6) is 1.68. The molecular weight excluding hydrogens is 360 g/mol. The van der Waals surface area contributed by atoms with Gasteiger partial charge in [-0.1, -0.05) is 23.7 Å². The molecule has 6 nitrogen and oxygen atoms in total. The normalized spacial score (nSPS) is 15.7. The van der Waals surface area contributed by atoms with E-state index in [-0.39, 0.29) is 0 Å². The first-order valence-electron chi connectivity index (χ1n) is 9.04. The van der Waals surface area contributed by atoms with E-state index in [1.807, 2.05) is 48.5 Å². The molecule has 5 rings (SSSR count). The number of halogens is 1. The second-order valence-electron chi connectivity index (χ2n) is 6.91.